The van der Waals surface area contributed by atoms with Gasteiger partial charge in [0.1, 0.15) is 0 Å². The molecule has 1 fully saturated rings. The number of hydrogen-bond donors (Lipinski definition) is 1. The number of methoxy groups -OCH3 is 1. The van der Waals surface area contributed by atoms with Gasteiger partial charge in [-0.25, -0.2) is 0 Å². The topological polar surface area (TPSA) is 49.8 Å². The summed E-state index contributed by atoms with van der Waals surface area (Å²) in [4.78, 5) is 11.2. The maximum Gasteiger partial charge on any atom is 0.193 e. The zero-order chi connectivity index (χ0) is 14.4. The number of nitrogens with one attached hydrogen (secondary N) is 1. The highest BCUT2D eigenvalue weighted by Gasteiger charge is 2.24. The summed E-state index contributed by atoms with van der Waals surface area (Å²) < 4.78 is 5.23. The number of aryl methyl sites for hydroxylation is 1. The fraction of sp³-hybridized carbons (Fsp3) is 0.600. The maximum atomic E-state index is 5.23. The molecule has 2 heterocycles. The standard InChI is InChI=1S/C15H24N4O.HI/c1-12-5-4-6-14(18-12)9-17-15(16-2)19-8-7-13(10-19)11-20-3;/h4-6,13H,7-11H2,1-3H3,(H,16,17);1H. The van der Waals surface area contributed by atoms with Crippen molar-refractivity contribution in [2.75, 3.05) is 33.9 Å². The predicted molar refractivity (Wildman–Crippen MR) is 96.1 cm³/mol. The van der Waals surface area contributed by atoms with Crippen LogP contribution in [0.25, 0.3) is 0 Å². The summed E-state index contributed by atoms with van der Waals surface area (Å²) in [7, 11) is 3.59. The first-order valence-corrected chi connectivity index (χ1v) is 7.10. The molecule has 0 bridgehead atoms. The summed E-state index contributed by atoms with van der Waals surface area (Å²) in [5.41, 5.74) is 2.08. The van der Waals surface area contributed by atoms with Gasteiger partial charge in [-0.1, -0.05) is 6.07 Å². The van der Waals surface area contributed by atoms with Gasteiger partial charge in [-0.05, 0) is 25.5 Å². The number of ether oxygens (including phenoxy) is 1. The van der Waals surface area contributed by atoms with Crippen LogP contribution in [-0.4, -0.2) is 49.7 Å². The van der Waals surface area contributed by atoms with Gasteiger partial charge >= 0.3 is 0 Å². The van der Waals surface area contributed by atoms with E-state index in [1.165, 1.54) is 0 Å². The van der Waals surface area contributed by atoms with Crippen LogP contribution in [0.4, 0.5) is 0 Å². The van der Waals surface area contributed by atoms with Gasteiger partial charge in [0.2, 0.25) is 0 Å². The fourth-order valence-electron chi connectivity index (χ4n) is 2.60. The number of nitrogens with zero attached hydrogens (tertiary/aromatic N) is 3. The third kappa shape index (κ3) is 5.43. The molecule has 21 heavy (non-hydrogen) atoms. The highest BCUT2D eigenvalue weighted by atomic mass is 127. The van der Waals surface area contributed by atoms with E-state index in [0.717, 1.165) is 43.5 Å². The minimum atomic E-state index is 0. The van der Waals surface area contributed by atoms with Gasteiger partial charge in [-0.2, -0.15) is 0 Å². The number of likely N-dealkylation sites (tertiary alicyclic amines) is 1. The number of rotatable bonds is 4. The van der Waals surface area contributed by atoms with Crippen LogP contribution < -0.4 is 5.32 Å². The largest absolute Gasteiger partial charge is 0.384 e. The van der Waals surface area contributed by atoms with E-state index in [1.54, 1.807) is 7.11 Å². The normalized spacial score (nSPS) is 18.5. The highest BCUT2D eigenvalue weighted by Crippen LogP contribution is 2.16. The summed E-state index contributed by atoms with van der Waals surface area (Å²) in [5, 5.41) is 3.39. The number of aliphatic imine (C=N–C) groups is 1. The number of aromatic nitrogens is 1. The fourth-order valence-corrected chi connectivity index (χ4v) is 2.60. The van der Waals surface area contributed by atoms with E-state index in [9.17, 15) is 0 Å². The van der Waals surface area contributed by atoms with Crippen molar-refractivity contribution < 1.29 is 4.74 Å². The first-order valence-electron chi connectivity index (χ1n) is 7.10. The van der Waals surface area contributed by atoms with Crippen molar-refractivity contribution in [1.82, 2.24) is 15.2 Å². The quantitative estimate of drug-likeness (QED) is 0.474. The lowest BCUT2D eigenvalue weighted by Crippen LogP contribution is -2.40. The molecule has 0 saturated carbocycles. The molecule has 2 rings (SSSR count). The number of halogens is 1. The van der Waals surface area contributed by atoms with Crippen molar-refractivity contribution in [1.29, 1.82) is 0 Å². The molecule has 6 heteroatoms. The van der Waals surface area contributed by atoms with Gasteiger partial charge in [0.05, 0.1) is 18.8 Å². The molecule has 1 aliphatic rings. The summed E-state index contributed by atoms with van der Waals surface area (Å²) in [5.74, 6) is 1.56. The summed E-state index contributed by atoms with van der Waals surface area (Å²) in [6.45, 7) is 5.59. The molecule has 1 aromatic rings. The van der Waals surface area contributed by atoms with Crippen molar-refractivity contribution in [2.45, 2.75) is 19.9 Å². The van der Waals surface area contributed by atoms with Crippen molar-refractivity contribution in [3.63, 3.8) is 0 Å². The number of pyridine rings is 1. The van der Waals surface area contributed by atoms with E-state index >= 15 is 0 Å². The Morgan fingerprint density at radius 2 is 2.33 bits per heavy atom. The SMILES string of the molecule is CN=C(NCc1cccc(C)n1)N1CCC(COC)C1.I. The van der Waals surface area contributed by atoms with E-state index in [-0.39, 0.29) is 24.0 Å². The van der Waals surface area contributed by atoms with Crippen LogP contribution in [0.5, 0.6) is 0 Å². The molecular weight excluding hydrogens is 379 g/mol. The molecule has 1 N–H and O–H groups in total. The second-order valence-corrected chi connectivity index (χ2v) is 5.23. The van der Waals surface area contributed by atoms with Crippen molar-refractivity contribution in [3.8, 4) is 0 Å². The first-order chi connectivity index (χ1) is 9.72. The van der Waals surface area contributed by atoms with E-state index in [0.29, 0.717) is 12.5 Å². The lowest BCUT2D eigenvalue weighted by atomic mass is 10.1. The number of hydrogen-bond acceptors (Lipinski definition) is 3. The van der Waals surface area contributed by atoms with Crippen LogP contribution in [0, 0.1) is 12.8 Å². The van der Waals surface area contributed by atoms with Crippen LogP contribution >= 0.6 is 24.0 Å². The van der Waals surface area contributed by atoms with Gasteiger partial charge in [0.15, 0.2) is 5.96 Å². The molecule has 1 aliphatic heterocycles. The molecule has 5 nitrogen and oxygen atoms in total. The molecule has 118 valence electrons. The Morgan fingerprint density at radius 3 is 3.00 bits per heavy atom. The second-order valence-electron chi connectivity index (χ2n) is 5.23. The average Bonchev–Trinajstić information content (AvgIpc) is 2.89. The van der Waals surface area contributed by atoms with E-state index in [1.807, 2.05) is 32.2 Å². The lowest BCUT2D eigenvalue weighted by molar-refractivity contribution is 0.157. The minimum Gasteiger partial charge on any atom is -0.384 e. The van der Waals surface area contributed by atoms with E-state index < -0.39 is 0 Å². The Bertz CT molecular complexity index is 467. The second kappa shape index (κ2) is 9.19. The monoisotopic (exact) mass is 404 g/mol. The lowest BCUT2D eigenvalue weighted by Gasteiger charge is -2.21. The van der Waals surface area contributed by atoms with Crippen LogP contribution in [0.2, 0.25) is 0 Å². The van der Waals surface area contributed by atoms with Crippen LogP contribution in [0.3, 0.4) is 0 Å². The highest BCUT2D eigenvalue weighted by molar-refractivity contribution is 14.0. The molecule has 0 aromatic carbocycles. The Kier molecular flexibility index (Phi) is 7.95. The summed E-state index contributed by atoms with van der Waals surface area (Å²) >= 11 is 0. The summed E-state index contributed by atoms with van der Waals surface area (Å²) in [6.07, 6.45) is 1.16. The summed E-state index contributed by atoms with van der Waals surface area (Å²) in [6, 6.07) is 6.08. The molecule has 1 saturated heterocycles. The smallest absolute Gasteiger partial charge is 0.193 e. The Labute approximate surface area is 144 Å². The Hall–Kier alpha value is -0.890. The zero-order valence-corrected chi connectivity index (χ0v) is 15.3. The third-order valence-corrected chi connectivity index (χ3v) is 3.57. The van der Waals surface area contributed by atoms with Gasteiger partial charge in [-0.3, -0.25) is 9.98 Å². The zero-order valence-electron chi connectivity index (χ0n) is 13.0. The third-order valence-electron chi connectivity index (χ3n) is 3.57. The minimum absolute atomic E-state index is 0. The number of guanidine groups is 1. The van der Waals surface area contributed by atoms with Gasteiger partial charge in [-0.15, -0.1) is 24.0 Å². The van der Waals surface area contributed by atoms with Gasteiger partial charge in [0.25, 0.3) is 0 Å². The van der Waals surface area contributed by atoms with Crippen molar-refractivity contribution in [2.24, 2.45) is 10.9 Å². The average molecular weight is 404 g/mol. The molecule has 1 aromatic heterocycles. The Morgan fingerprint density at radius 1 is 1.52 bits per heavy atom. The predicted octanol–water partition coefficient (Wildman–Crippen LogP) is 2.05. The van der Waals surface area contributed by atoms with E-state index in [2.05, 4.69) is 20.2 Å². The van der Waals surface area contributed by atoms with Gasteiger partial charge < -0.3 is 15.0 Å². The van der Waals surface area contributed by atoms with Crippen molar-refractivity contribution in [3.05, 3.63) is 29.6 Å². The molecule has 0 radical (unpaired) electrons. The van der Waals surface area contributed by atoms with Crippen LogP contribution in [-0.2, 0) is 11.3 Å². The molecule has 0 aliphatic carbocycles. The molecular formula is C15H25IN4O. The van der Waals surface area contributed by atoms with E-state index in [4.69, 9.17) is 4.74 Å². The van der Waals surface area contributed by atoms with Crippen LogP contribution in [0.15, 0.2) is 23.2 Å². The molecule has 1 atom stereocenters. The Balaban J connectivity index is 0.00000220. The maximum absolute atomic E-state index is 5.23. The molecule has 1 unspecified atom stereocenters. The van der Waals surface area contributed by atoms with Gasteiger partial charge in [0, 0.05) is 38.9 Å². The molecule has 0 spiro atoms. The van der Waals surface area contributed by atoms with Crippen molar-refractivity contribution >= 4 is 29.9 Å². The first kappa shape index (κ1) is 18.2. The van der Waals surface area contributed by atoms with Crippen LogP contribution in [0.1, 0.15) is 17.8 Å². The molecule has 0 amide bonds.